The molecule has 0 saturated carbocycles. The quantitative estimate of drug-likeness (QED) is 0.240. The zero-order valence-corrected chi connectivity index (χ0v) is 11.1. The minimum Gasteiger partial charge on any atom is -0.0885 e. The van der Waals surface area contributed by atoms with Crippen molar-refractivity contribution in [3.8, 4) is 0 Å². The zero-order valence-electron chi connectivity index (χ0n) is 8.90. The van der Waals surface area contributed by atoms with E-state index in [4.69, 9.17) is 0 Å². The van der Waals surface area contributed by atoms with E-state index in [9.17, 15) is 0 Å². The topological polar surface area (TPSA) is 0 Å². The van der Waals surface area contributed by atoms with Gasteiger partial charge in [0.15, 0.2) is 0 Å². The molecule has 0 unspecified atom stereocenters. The lowest BCUT2D eigenvalue weighted by molar-refractivity contribution is 0.611. The second kappa shape index (κ2) is 12.5. The van der Waals surface area contributed by atoms with Crippen molar-refractivity contribution in [3.05, 3.63) is 12.2 Å². The molecule has 0 aliphatic carbocycles. The third-order valence-corrected chi connectivity index (χ3v) is 2.79. The summed E-state index contributed by atoms with van der Waals surface area (Å²) in [7, 11) is 0. The fraction of sp³-hybridized carbons (Fsp3) is 0.833. The lowest BCUT2D eigenvalue weighted by atomic mass is 10.1. The predicted molar refractivity (Wildman–Crippen MR) is 70.6 cm³/mol. The van der Waals surface area contributed by atoms with Gasteiger partial charge in [-0.05, 0) is 19.3 Å². The van der Waals surface area contributed by atoms with Gasteiger partial charge < -0.3 is 0 Å². The molecule has 0 fully saturated rings. The van der Waals surface area contributed by atoms with E-state index in [0.29, 0.717) is 0 Å². The summed E-state index contributed by atoms with van der Waals surface area (Å²) in [5.41, 5.74) is 0. The molecule has 0 nitrogen and oxygen atoms in total. The van der Waals surface area contributed by atoms with Crippen LogP contribution in [0.25, 0.3) is 0 Å². The standard InChI is InChI=1S/C12H23I/c1-2-3-4-5-6-7-8-9-10-11-12-13/h9-10H,2-8,11-12H2,1H3/b10-9-. The number of halogens is 1. The van der Waals surface area contributed by atoms with E-state index in [1.807, 2.05) is 0 Å². The molecule has 0 aliphatic rings. The van der Waals surface area contributed by atoms with Crippen LogP contribution in [-0.4, -0.2) is 4.43 Å². The van der Waals surface area contributed by atoms with Crippen molar-refractivity contribution in [1.29, 1.82) is 0 Å². The molecule has 0 rings (SSSR count). The van der Waals surface area contributed by atoms with Gasteiger partial charge in [-0.15, -0.1) is 0 Å². The van der Waals surface area contributed by atoms with Gasteiger partial charge in [0.1, 0.15) is 0 Å². The molecule has 0 heterocycles. The molecule has 0 N–H and O–H groups in total. The summed E-state index contributed by atoms with van der Waals surface area (Å²) in [6.45, 7) is 2.27. The van der Waals surface area contributed by atoms with Gasteiger partial charge >= 0.3 is 0 Å². The fourth-order valence-corrected chi connectivity index (χ4v) is 1.70. The van der Waals surface area contributed by atoms with Crippen LogP contribution in [0.3, 0.4) is 0 Å². The Morgan fingerprint density at radius 1 is 0.846 bits per heavy atom. The largest absolute Gasteiger partial charge is 0.0885 e. The molecular formula is C12H23I. The summed E-state index contributed by atoms with van der Waals surface area (Å²) in [5.74, 6) is 0. The first-order valence-corrected chi connectivity index (χ1v) is 7.15. The normalized spacial score (nSPS) is 11.2. The van der Waals surface area contributed by atoms with Gasteiger partial charge in [-0.3, -0.25) is 0 Å². The van der Waals surface area contributed by atoms with E-state index in [0.717, 1.165) is 0 Å². The highest BCUT2D eigenvalue weighted by Crippen LogP contribution is 2.07. The Labute approximate surface area is 97.3 Å². The van der Waals surface area contributed by atoms with Gasteiger partial charge in [0.05, 0.1) is 0 Å². The number of allylic oxidation sites excluding steroid dienone is 2. The molecule has 0 aromatic rings. The molecule has 0 aromatic carbocycles. The van der Waals surface area contributed by atoms with Crippen LogP contribution in [0.1, 0.15) is 58.3 Å². The average Bonchev–Trinajstić information content (AvgIpc) is 2.16. The summed E-state index contributed by atoms with van der Waals surface area (Å²) in [6.07, 6.45) is 15.7. The fourth-order valence-electron chi connectivity index (χ4n) is 1.34. The van der Waals surface area contributed by atoms with Gasteiger partial charge in [0.2, 0.25) is 0 Å². The number of alkyl halides is 1. The van der Waals surface area contributed by atoms with Crippen molar-refractivity contribution in [3.63, 3.8) is 0 Å². The maximum atomic E-state index is 2.42. The molecular weight excluding hydrogens is 271 g/mol. The predicted octanol–water partition coefficient (Wildman–Crippen LogP) is 5.12. The van der Waals surface area contributed by atoms with Crippen molar-refractivity contribution in [2.75, 3.05) is 4.43 Å². The average molecular weight is 294 g/mol. The van der Waals surface area contributed by atoms with Gasteiger partial charge in [-0.1, -0.05) is 73.8 Å². The van der Waals surface area contributed by atoms with Crippen molar-refractivity contribution < 1.29 is 0 Å². The zero-order chi connectivity index (χ0) is 9.78. The van der Waals surface area contributed by atoms with Crippen LogP contribution in [0.2, 0.25) is 0 Å². The van der Waals surface area contributed by atoms with Crippen LogP contribution < -0.4 is 0 Å². The molecule has 0 aliphatic heterocycles. The van der Waals surface area contributed by atoms with E-state index in [2.05, 4.69) is 41.7 Å². The molecule has 1 heteroatoms. The smallest absolute Gasteiger partial charge is 0.00299 e. The number of hydrogen-bond acceptors (Lipinski definition) is 0. The Balaban J connectivity index is 2.91. The van der Waals surface area contributed by atoms with E-state index in [1.54, 1.807) is 0 Å². The van der Waals surface area contributed by atoms with E-state index in [-0.39, 0.29) is 0 Å². The second-order valence-corrected chi connectivity index (χ2v) is 4.58. The highest BCUT2D eigenvalue weighted by molar-refractivity contribution is 14.1. The Morgan fingerprint density at radius 2 is 1.46 bits per heavy atom. The second-order valence-electron chi connectivity index (χ2n) is 3.51. The third kappa shape index (κ3) is 12.5. The Kier molecular flexibility index (Phi) is 12.9. The van der Waals surface area contributed by atoms with Gasteiger partial charge in [0, 0.05) is 4.43 Å². The Morgan fingerprint density at radius 3 is 2.15 bits per heavy atom. The van der Waals surface area contributed by atoms with E-state index >= 15 is 0 Å². The minimum absolute atomic E-state index is 1.25. The summed E-state index contributed by atoms with van der Waals surface area (Å²) in [6, 6.07) is 0. The van der Waals surface area contributed by atoms with E-state index in [1.165, 1.54) is 55.8 Å². The Hall–Kier alpha value is 0.470. The molecule has 0 atom stereocenters. The van der Waals surface area contributed by atoms with Crippen molar-refractivity contribution in [1.82, 2.24) is 0 Å². The SMILES string of the molecule is CCCCCCCC/C=C\CCI. The lowest BCUT2D eigenvalue weighted by Crippen LogP contribution is -1.77. The molecule has 0 amide bonds. The first-order chi connectivity index (χ1) is 6.41. The molecule has 0 saturated heterocycles. The van der Waals surface area contributed by atoms with E-state index < -0.39 is 0 Å². The van der Waals surface area contributed by atoms with Crippen LogP contribution in [0, 0.1) is 0 Å². The summed E-state index contributed by atoms with van der Waals surface area (Å²) in [4.78, 5) is 0. The van der Waals surface area contributed by atoms with Crippen LogP contribution in [0.15, 0.2) is 12.2 Å². The molecule has 78 valence electrons. The van der Waals surface area contributed by atoms with Crippen LogP contribution in [0.5, 0.6) is 0 Å². The van der Waals surface area contributed by atoms with Gasteiger partial charge in [-0.25, -0.2) is 0 Å². The highest BCUT2D eigenvalue weighted by Gasteiger charge is 1.87. The summed E-state index contributed by atoms with van der Waals surface area (Å²) < 4.78 is 1.25. The van der Waals surface area contributed by atoms with Crippen LogP contribution >= 0.6 is 22.6 Å². The lowest BCUT2D eigenvalue weighted by Gasteiger charge is -1.97. The maximum Gasteiger partial charge on any atom is 0.00299 e. The van der Waals surface area contributed by atoms with Crippen molar-refractivity contribution >= 4 is 22.6 Å². The molecule has 0 spiro atoms. The third-order valence-electron chi connectivity index (χ3n) is 2.17. The first kappa shape index (κ1) is 13.5. The highest BCUT2D eigenvalue weighted by atomic mass is 127. The molecule has 0 aromatic heterocycles. The first-order valence-electron chi connectivity index (χ1n) is 5.62. The molecule has 0 bridgehead atoms. The number of unbranched alkanes of at least 4 members (excludes halogenated alkanes) is 6. The summed E-state index contributed by atoms with van der Waals surface area (Å²) >= 11 is 2.42. The molecule has 13 heavy (non-hydrogen) atoms. The van der Waals surface area contributed by atoms with Gasteiger partial charge in [0.25, 0.3) is 0 Å². The van der Waals surface area contributed by atoms with Crippen molar-refractivity contribution in [2.24, 2.45) is 0 Å². The molecule has 0 radical (unpaired) electrons. The maximum absolute atomic E-state index is 2.42. The van der Waals surface area contributed by atoms with Gasteiger partial charge in [-0.2, -0.15) is 0 Å². The summed E-state index contributed by atoms with van der Waals surface area (Å²) in [5, 5.41) is 0. The number of rotatable bonds is 9. The van der Waals surface area contributed by atoms with Crippen molar-refractivity contribution in [2.45, 2.75) is 58.3 Å². The Bertz CT molecular complexity index is 108. The minimum atomic E-state index is 1.25. The van der Waals surface area contributed by atoms with Crippen LogP contribution in [-0.2, 0) is 0 Å². The monoisotopic (exact) mass is 294 g/mol. The number of hydrogen-bond donors (Lipinski definition) is 0. The van der Waals surface area contributed by atoms with Crippen LogP contribution in [0.4, 0.5) is 0 Å².